The molecule has 0 amide bonds. The van der Waals surface area contributed by atoms with Crippen LogP contribution in [0.1, 0.15) is 25.0 Å². The van der Waals surface area contributed by atoms with E-state index in [1.54, 1.807) is 0 Å². The van der Waals surface area contributed by atoms with Gasteiger partial charge in [-0.25, -0.2) is 0 Å². The van der Waals surface area contributed by atoms with E-state index in [1.165, 1.54) is 38.8 Å². The molecule has 274 valence electrons. The molecule has 0 saturated heterocycles. The average molecular weight is 744 g/mol. The normalized spacial score (nSPS) is 13.1. The molecule has 11 aromatic rings. The summed E-state index contributed by atoms with van der Waals surface area (Å²) in [6.07, 6.45) is 0. The summed E-state index contributed by atoms with van der Waals surface area (Å²) in [5.41, 5.74) is 16.3. The molecule has 0 aliphatic heterocycles. The van der Waals surface area contributed by atoms with Gasteiger partial charge in [0.15, 0.2) is 5.58 Å². The maximum atomic E-state index is 7.11. The van der Waals surface area contributed by atoms with Gasteiger partial charge in [0.1, 0.15) is 16.7 Å². The minimum atomic E-state index is -0.152. The molecule has 0 N–H and O–H groups in total. The average Bonchev–Trinajstić information content (AvgIpc) is 3.92. The first-order valence-corrected chi connectivity index (χ1v) is 20.0. The fourth-order valence-electron chi connectivity index (χ4n) is 9.66. The van der Waals surface area contributed by atoms with Gasteiger partial charge < -0.3 is 13.7 Å². The lowest BCUT2D eigenvalue weighted by Gasteiger charge is -2.28. The van der Waals surface area contributed by atoms with E-state index in [4.69, 9.17) is 8.83 Å². The Morgan fingerprint density at radius 2 is 0.966 bits per heavy atom. The third kappa shape index (κ3) is 4.74. The highest BCUT2D eigenvalue weighted by Crippen LogP contribution is 2.52. The molecule has 0 fully saturated rings. The zero-order valence-corrected chi connectivity index (χ0v) is 32.2. The fraction of sp³-hybridized carbons (Fsp3) is 0.0545. The van der Waals surface area contributed by atoms with Crippen molar-refractivity contribution in [1.29, 1.82) is 0 Å². The molecule has 58 heavy (non-hydrogen) atoms. The highest BCUT2D eigenvalue weighted by molar-refractivity contribution is 6.21. The third-order valence-electron chi connectivity index (χ3n) is 12.5. The second-order valence-corrected chi connectivity index (χ2v) is 16.0. The molecule has 1 aliphatic carbocycles. The number of para-hydroxylation sites is 3. The first-order valence-electron chi connectivity index (χ1n) is 20.0. The summed E-state index contributed by atoms with van der Waals surface area (Å²) in [4.78, 5) is 2.37. The molecule has 0 unspecified atom stereocenters. The van der Waals surface area contributed by atoms with Crippen LogP contribution in [0.5, 0.6) is 0 Å². The summed E-state index contributed by atoms with van der Waals surface area (Å²) >= 11 is 0. The van der Waals surface area contributed by atoms with Crippen molar-refractivity contribution in [3.8, 4) is 33.4 Å². The SMILES string of the molecule is CC1(C)c2ccccc2-c2ccc(N(c3ccc(-c4cccc5c4oc4ccccc45)cc3)c3cccc4c3oc3c5ccccc5c(-c5ccccc5)cc43)cc21. The Morgan fingerprint density at radius 3 is 1.81 bits per heavy atom. The van der Waals surface area contributed by atoms with Crippen molar-refractivity contribution >= 4 is 71.7 Å². The summed E-state index contributed by atoms with van der Waals surface area (Å²) in [6, 6.07) is 67.5. The lowest BCUT2D eigenvalue weighted by Crippen LogP contribution is -2.16. The minimum Gasteiger partial charge on any atom is -0.455 e. The summed E-state index contributed by atoms with van der Waals surface area (Å²) in [7, 11) is 0. The van der Waals surface area contributed by atoms with Gasteiger partial charge in [0, 0.05) is 49.3 Å². The van der Waals surface area contributed by atoms with Gasteiger partial charge >= 0.3 is 0 Å². The van der Waals surface area contributed by atoms with Gasteiger partial charge in [-0.1, -0.05) is 159 Å². The summed E-state index contributed by atoms with van der Waals surface area (Å²) in [5, 5.41) is 6.73. The molecular weight excluding hydrogens is 707 g/mol. The van der Waals surface area contributed by atoms with Crippen molar-refractivity contribution in [1.82, 2.24) is 0 Å². The van der Waals surface area contributed by atoms with Gasteiger partial charge in [-0.2, -0.15) is 0 Å². The van der Waals surface area contributed by atoms with Gasteiger partial charge in [0.25, 0.3) is 0 Å². The molecule has 12 rings (SSSR count). The lowest BCUT2D eigenvalue weighted by molar-refractivity contribution is 0.660. The summed E-state index contributed by atoms with van der Waals surface area (Å²) in [5.74, 6) is 0. The number of hydrogen-bond acceptors (Lipinski definition) is 3. The minimum absolute atomic E-state index is 0.152. The third-order valence-corrected chi connectivity index (χ3v) is 12.5. The Kier molecular flexibility index (Phi) is 6.98. The second kappa shape index (κ2) is 12.3. The Labute approximate surface area is 336 Å². The van der Waals surface area contributed by atoms with Gasteiger partial charge in [-0.3, -0.25) is 0 Å². The van der Waals surface area contributed by atoms with Crippen LogP contribution in [-0.4, -0.2) is 0 Å². The van der Waals surface area contributed by atoms with Crippen LogP contribution in [0.2, 0.25) is 0 Å². The molecule has 0 radical (unpaired) electrons. The standard InChI is InChI=1S/C55H37NO2/c1-55(2)48-23-10-8-17-40(48)41-31-30-37(32-49(41)55)56(36-28-26-35(27-29-36)38-20-12-21-44-42-18-9-11-25-51(42)57-52(38)44)50-24-13-22-45-47-33-46(34-14-4-3-5-15-34)39-16-6-7-19-43(39)53(47)58-54(45)50/h3-33H,1-2H3. The van der Waals surface area contributed by atoms with Crippen LogP contribution in [0.15, 0.2) is 197 Å². The molecule has 0 bridgehead atoms. The van der Waals surface area contributed by atoms with E-state index < -0.39 is 0 Å². The van der Waals surface area contributed by atoms with Crippen molar-refractivity contribution in [2.24, 2.45) is 0 Å². The van der Waals surface area contributed by atoms with Crippen LogP contribution in [0.4, 0.5) is 17.1 Å². The number of hydrogen-bond donors (Lipinski definition) is 0. The van der Waals surface area contributed by atoms with Crippen LogP contribution in [0.25, 0.3) is 88.0 Å². The molecule has 0 saturated carbocycles. The largest absolute Gasteiger partial charge is 0.455 e. The Hall–Kier alpha value is -7.36. The highest BCUT2D eigenvalue weighted by Gasteiger charge is 2.36. The maximum absolute atomic E-state index is 7.11. The first kappa shape index (κ1) is 32.8. The smallest absolute Gasteiger partial charge is 0.159 e. The van der Waals surface area contributed by atoms with E-state index in [2.05, 4.69) is 195 Å². The Bertz CT molecular complexity index is 3420. The van der Waals surface area contributed by atoms with Gasteiger partial charge in [-0.15, -0.1) is 0 Å². The van der Waals surface area contributed by atoms with E-state index in [9.17, 15) is 0 Å². The van der Waals surface area contributed by atoms with E-state index in [1.807, 2.05) is 12.1 Å². The van der Waals surface area contributed by atoms with Crippen molar-refractivity contribution < 1.29 is 8.83 Å². The van der Waals surface area contributed by atoms with Crippen molar-refractivity contribution in [2.75, 3.05) is 4.90 Å². The van der Waals surface area contributed by atoms with Gasteiger partial charge in [0.2, 0.25) is 0 Å². The predicted molar refractivity (Wildman–Crippen MR) is 242 cm³/mol. The number of anilines is 3. The number of nitrogens with zero attached hydrogens (tertiary/aromatic N) is 1. The molecule has 2 heterocycles. The molecule has 0 spiro atoms. The zero-order valence-electron chi connectivity index (χ0n) is 32.2. The molecular formula is C55H37NO2. The molecule has 9 aromatic carbocycles. The van der Waals surface area contributed by atoms with Gasteiger partial charge in [-0.05, 0) is 86.8 Å². The maximum Gasteiger partial charge on any atom is 0.159 e. The highest BCUT2D eigenvalue weighted by atomic mass is 16.3. The van der Waals surface area contributed by atoms with Gasteiger partial charge in [0.05, 0.1) is 5.69 Å². The van der Waals surface area contributed by atoms with E-state index >= 15 is 0 Å². The first-order chi connectivity index (χ1) is 28.5. The predicted octanol–water partition coefficient (Wildman–Crippen LogP) is 15.7. The monoisotopic (exact) mass is 743 g/mol. The van der Waals surface area contributed by atoms with Crippen LogP contribution in [-0.2, 0) is 5.41 Å². The van der Waals surface area contributed by atoms with Crippen molar-refractivity contribution in [3.63, 3.8) is 0 Å². The topological polar surface area (TPSA) is 29.5 Å². The summed E-state index contributed by atoms with van der Waals surface area (Å²) < 4.78 is 13.6. The number of furan rings is 2. The Morgan fingerprint density at radius 1 is 0.362 bits per heavy atom. The Balaban J connectivity index is 1.08. The molecule has 1 aliphatic rings. The number of fused-ring (bicyclic) bond motifs is 11. The number of benzene rings is 9. The van der Waals surface area contributed by atoms with E-state index in [0.29, 0.717) is 0 Å². The van der Waals surface area contributed by atoms with Crippen molar-refractivity contribution in [3.05, 3.63) is 199 Å². The second-order valence-electron chi connectivity index (χ2n) is 16.0. The van der Waals surface area contributed by atoms with Crippen LogP contribution >= 0.6 is 0 Å². The fourth-order valence-corrected chi connectivity index (χ4v) is 9.66. The van der Waals surface area contributed by atoms with E-state index in [-0.39, 0.29) is 5.41 Å². The van der Waals surface area contributed by atoms with E-state index in [0.717, 1.165) is 77.5 Å². The summed E-state index contributed by atoms with van der Waals surface area (Å²) in [6.45, 7) is 4.68. The quantitative estimate of drug-likeness (QED) is 0.176. The van der Waals surface area contributed by atoms with Crippen LogP contribution in [0, 0.1) is 0 Å². The number of rotatable bonds is 5. The van der Waals surface area contributed by atoms with Crippen molar-refractivity contribution in [2.45, 2.75) is 19.3 Å². The molecule has 3 heteroatoms. The molecule has 3 nitrogen and oxygen atoms in total. The van der Waals surface area contributed by atoms with Crippen LogP contribution in [0.3, 0.4) is 0 Å². The molecule has 0 atom stereocenters. The zero-order chi connectivity index (χ0) is 38.5. The molecule has 2 aromatic heterocycles. The van der Waals surface area contributed by atoms with Crippen LogP contribution < -0.4 is 4.90 Å². The lowest BCUT2D eigenvalue weighted by atomic mass is 9.82.